The second-order valence-corrected chi connectivity index (χ2v) is 2.33. The summed E-state index contributed by atoms with van der Waals surface area (Å²) in [7, 11) is 0. The van der Waals surface area contributed by atoms with Gasteiger partial charge in [-0.1, -0.05) is 0 Å². The number of halogens is 1. The van der Waals surface area contributed by atoms with Gasteiger partial charge in [-0.3, -0.25) is 10.1 Å². The molecule has 0 aromatic heterocycles. The molecule has 1 unspecified atom stereocenters. The number of rotatable bonds is 1. The number of nitrogens with zero attached hydrogens (tertiary/aromatic N) is 2. The Morgan fingerprint density at radius 1 is 1.83 bits per heavy atom. The number of nitriles is 1. The standard InChI is InChI=1S/C7H5FN2O2/c8-7-2-1-6(10(11)12)3-5(7)4-9/h2-3,6H,1H2. The molecule has 0 saturated carbocycles. The molecule has 0 spiro atoms. The summed E-state index contributed by atoms with van der Waals surface area (Å²) < 4.78 is 12.6. The van der Waals surface area contributed by atoms with Crippen LogP contribution in [0.15, 0.2) is 23.6 Å². The number of nitro groups is 1. The zero-order valence-electron chi connectivity index (χ0n) is 6.03. The third-order valence-electron chi connectivity index (χ3n) is 1.55. The Balaban J connectivity index is 2.90. The van der Waals surface area contributed by atoms with Crippen molar-refractivity contribution >= 4 is 0 Å². The van der Waals surface area contributed by atoms with Crippen LogP contribution in [0.3, 0.4) is 0 Å². The summed E-state index contributed by atoms with van der Waals surface area (Å²) >= 11 is 0. The van der Waals surface area contributed by atoms with Gasteiger partial charge in [0.05, 0.1) is 5.57 Å². The van der Waals surface area contributed by atoms with Gasteiger partial charge in [0, 0.05) is 17.4 Å². The molecule has 1 aliphatic carbocycles. The SMILES string of the molecule is N#CC1=CC([N+](=O)[O-])CC=C1F. The average molecular weight is 168 g/mol. The van der Waals surface area contributed by atoms with Crippen LogP contribution in [-0.2, 0) is 0 Å². The van der Waals surface area contributed by atoms with Crippen molar-refractivity contribution in [2.45, 2.75) is 12.5 Å². The Morgan fingerprint density at radius 3 is 3.00 bits per heavy atom. The molecule has 1 rings (SSSR count). The van der Waals surface area contributed by atoms with Crippen molar-refractivity contribution in [1.82, 2.24) is 0 Å². The normalized spacial score (nSPS) is 22.2. The molecular formula is C7H5FN2O2. The fourth-order valence-electron chi connectivity index (χ4n) is 0.912. The lowest BCUT2D eigenvalue weighted by molar-refractivity contribution is -0.508. The van der Waals surface area contributed by atoms with Crippen molar-refractivity contribution in [3.8, 4) is 6.07 Å². The van der Waals surface area contributed by atoms with Gasteiger partial charge < -0.3 is 0 Å². The average Bonchev–Trinajstić information content (AvgIpc) is 2.05. The van der Waals surface area contributed by atoms with Crippen molar-refractivity contribution in [3.05, 3.63) is 33.7 Å². The largest absolute Gasteiger partial charge is 0.264 e. The summed E-state index contributed by atoms with van der Waals surface area (Å²) in [5.74, 6) is -0.671. The highest BCUT2D eigenvalue weighted by atomic mass is 19.1. The number of allylic oxidation sites excluding steroid dienone is 2. The van der Waals surface area contributed by atoms with E-state index in [1.54, 1.807) is 6.07 Å². The molecule has 0 heterocycles. The van der Waals surface area contributed by atoms with Crippen LogP contribution in [0.25, 0.3) is 0 Å². The molecule has 0 aliphatic heterocycles. The summed E-state index contributed by atoms with van der Waals surface area (Å²) in [6.45, 7) is 0. The summed E-state index contributed by atoms with van der Waals surface area (Å²) in [5.41, 5.74) is -0.247. The fraction of sp³-hybridized carbons (Fsp3) is 0.286. The van der Waals surface area contributed by atoms with E-state index >= 15 is 0 Å². The third kappa shape index (κ3) is 1.48. The van der Waals surface area contributed by atoms with Crippen LogP contribution in [0.2, 0.25) is 0 Å². The van der Waals surface area contributed by atoms with E-state index in [1.165, 1.54) is 0 Å². The van der Waals surface area contributed by atoms with E-state index in [2.05, 4.69) is 0 Å². The third-order valence-corrected chi connectivity index (χ3v) is 1.55. The van der Waals surface area contributed by atoms with Gasteiger partial charge in [0.2, 0.25) is 6.04 Å². The monoisotopic (exact) mass is 168 g/mol. The van der Waals surface area contributed by atoms with Gasteiger partial charge in [-0.2, -0.15) is 5.26 Å². The lowest BCUT2D eigenvalue weighted by Gasteiger charge is -2.07. The van der Waals surface area contributed by atoms with E-state index in [4.69, 9.17) is 5.26 Å². The van der Waals surface area contributed by atoms with Crippen molar-refractivity contribution in [1.29, 1.82) is 5.26 Å². The van der Waals surface area contributed by atoms with Crippen LogP contribution in [0.1, 0.15) is 6.42 Å². The predicted octanol–water partition coefficient (Wildman–Crippen LogP) is 1.34. The smallest absolute Gasteiger partial charge is 0.236 e. The van der Waals surface area contributed by atoms with Gasteiger partial charge in [0.15, 0.2) is 0 Å². The first-order valence-corrected chi connectivity index (χ1v) is 3.26. The van der Waals surface area contributed by atoms with E-state index in [-0.39, 0.29) is 12.0 Å². The molecule has 0 aromatic rings. The zero-order chi connectivity index (χ0) is 9.14. The van der Waals surface area contributed by atoms with Gasteiger partial charge in [-0.25, -0.2) is 4.39 Å². The summed E-state index contributed by atoms with van der Waals surface area (Å²) in [5, 5.41) is 18.6. The second kappa shape index (κ2) is 3.13. The molecule has 12 heavy (non-hydrogen) atoms. The van der Waals surface area contributed by atoms with Crippen LogP contribution in [0.4, 0.5) is 4.39 Å². The first-order chi connectivity index (χ1) is 5.65. The molecule has 0 fully saturated rings. The predicted molar refractivity (Wildman–Crippen MR) is 38.3 cm³/mol. The van der Waals surface area contributed by atoms with Crippen LogP contribution in [-0.4, -0.2) is 11.0 Å². The van der Waals surface area contributed by atoms with Crippen molar-refractivity contribution in [2.24, 2.45) is 0 Å². The van der Waals surface area contributed by atoms with Crippen LogP contribution < -0.4 is 0 Å². The molecule has 1 atom stereocenters. The van der Waals surface area contributed by atoms with Crippen molar-refractivity contribution in [2.75, 3.05) is 0 Å². The van der Waals surface area contributed by atoms with Gasteiger partial charge in [0.1, 0.15) is 11.9 Å². The van der Waals surface area contributed by atoms with E-state index in [1.807, 2.05) is 0 Å². The quantitative estimate of drug-likeness (QED) is 0.438. The molecule has 1 aliphatic rings. The van der Waals surface area contributed by atoms with E-state index < -0.39 is 16.8 Å². The zero-order valence-corrected chi connectivity index (χ0v) is 6.03. The lowest BCUT2D eigenvalue weighted by atomic mass is 10.0. The highest BCUT2D eigenvalue weighted by Crippen LogP contribution is 2.20. The minimum Gasteiger partial charge on any atom is -0.264 e. The minimum absolute atomic E-state index is 0.0179. The lowest BCUT2D eigenvalue weighted by Crippen LogP contribution is -2.18. The highest BCUT2D eigenvalue weighted by molar-refractivity contribution is 5.40. The number of hydrogen-bond acceptors (Lipinski definition) is 3. The summed E-state index contributed by atoms with van der Waals surface area (Å²) in [6, 6.07) is 0.593. The maximum absolute atomic E-state index is 12.6. The molecule has 0 saturated heterocycles. The molecule has 0 amide bonds. The van der Waals surface area contributed by atoms with Crippen LogP contribution in [0, 0.1) is 21.4 Å². The Labute approximate surface area is 67.8 Å². The summed E-state index contributed by atoms with van der Waals surface area (Å²) in [4.78, 5) is 9.68. The van der Waals surface area contributed by atoms with Gasteiger partial charge in [-0.05, 0) is 6.08 Å². The summed E-state index contributed by atoms with van der Waals surface area (Å²) in [6.07, 6.45) is 2.12. The molecule has 0 aromatic carbocycles. The van der Waals surface area contributed by atoms with E-state index in [0.29, 0.717) is 0 Å². The minimum atomic E-state index is -0.959. The molecule has 0 N–H and O–H groups in total. The Kier molecular flexibility index (Phi) is 2.19. The molecule has 0 radical (unpaired) electrons. The van der Waals surface area contributed by atoms with Crippen LogP contribution >= 0.6 is 0 Å². The first-order valence-electron chi connectivity index (χ1n) is 3.26. The van der Waals surface area contributed by atoms with Crippen molar-refractivity contribution in [3.63, 3.8) is 0 Å². The maximum atomic E-state index is 12.6. The van der Waals surface area contributed by atoms with E-state index in [9.17, 15) is 14.5 Å². The molecule has 0 bridgehead atoms. The maximum Gasteiger partial charge on any atom is 0.236 e. The number of hydrogen-bond donors (Lipinski definition) is 0. The Bertz CT molecular complexity index is 314. The molecule has 5 heteroatoms. The second-order valence-electron chi connectivity index (χ2n) is 2.33. The van der Waals surface area contributed by atoms with Crippen LogP contribution in [0.5, 0.6) is 0 Å². The van der Waals surface area contributed by atoms with E-state index in [0.717, 1.165) is 12.2 Å². The van der Waals surface area contributed by atoms with Gasteiger partial charge in [-0.15, -0.1) is 0 Å². The molecule has 62 valence electrons. The van der Waals surface area contributed by atoms with Crippen molar-refractivity contribution < 1.29 is 9.31 Å². The molecular weight excluding hydrogens is 163 g/mol. The highest BCUT2D eigenvalue weighted by Gasteiger charge is 2.22. The molecule has 4 nitrogen and oxygen atoms in total. The Hall–Kier alpha value is -1.70. The first kappa shape index (κ1) is 8.40. The van der Waals surface area contributed by atoms with Gasteiger partial charge in [0.25, 0.3) is 0 Å². The fourth-order valence-corrected chi connectivity index (χ4v) is 0.912. The Morgan fingerprint density at radius 2 is 2.50 bits per heavy atom. The topological polar surface area (TPSA) is 66.9 Å². The van der Waals surface area contributed by atoms with Gasteiger partial charge >= 0.3 is 0 Å².